The van der Waals surface area contributed by atoms with Crippen LogP contribution >= 0.6 is 0 Å². The number of hydrogen-bond acceptors (Lipinski definition) is 4. The summed E-state index contributed by atoms with van der Waals surface area (Å²) in [5.41, 5.74) is 6.37. The van der Waals surface area contributed by atoms with Gasteiger partial charge in [0, 0.05) is 24.4 Å². The fourth-order valence-electron chi connectivity index (χ4n) is 2.93. The third-order valence-electron chi connectivity index (χ3n) is 4.33. The minimum Gasteiger partial charge on any atom is -0.311 e. The first-order valence-corrected chi connectivity index (χ1v) is 9.12. The van der Waals surface area contributed by atoms with Gasteiger partial charge in [0.25, 0.3) is 5.91 Å². The zero-order valence-corrected chi connectivity index (χ0v) is 15.4. The van der Waals surface area contributed by atoms with Gasteiger partial charge in [-0.1, -0.05) is 43.7 Å². The highest BCUT2D eigenvalue weighted by Gasteiger charge is 2.13. The van der Waals surface area contributed by atoms with Crippen LogP contribution in [0.25, 0.3) is 23.0 Å². The lowest BCUT2D eigenvalue weighted by molar-refractivity contribution is -0.124. The molecule has 1 aromatic carbocycles. The molecule has 6 nitrogen and oxygen atoms in total. The maximum absolute atomic E-state index is 11.2. The fraction of sp³-hybridized carbons (Fsp3) is 0.238. The number of imidazole rings is 1. The number of rotatable bonds is 8. The molecule has 0 unspecified atom stereocenters. The zero-order chi connectivity index (χ0) is 19.1. The van der Waals surface area contributed by atoms with E-state index in [2.05, 4.69) is 28.8 Å². The Kier molecular flexibility index (Phi) is 6.35. The smallest absolute Gasteiger partial charge is 0.267 e. The number of carbonyl (C=O) groups is 1. The van der Waals surface area contributed by atoms with E-state index in [-0.39, 0.29) is 0 Å². The lowest BCUT2D eigenvalue weighted by atomic mass is 10.1. The number of hydroxylamine groups is 1. The van der Waals surface area contributed by atoms with Crippen LogP contribution in [0.1, 0.15) is 31.0 Å². The molecule has 0 saturated heterocycles. The largest absolute Gasteiger partial charge is 0.311 e. The van der Waals surface area contributed by atoms with E-state index in [4.69, 9.17) is 10.2 Å². The summed E-state index contributed by atoms with van der Waals surface area (Å²) in [4.78, 5) is 16.0. The van der Waals surface area contributed by atoms with E-state index in [1.54, 1.807) is 11.6 Å². The predicted molar refractivity (Wildman–Crippen MR) is 106 cm³/mol. The van der Waals surface area contributed by atoms with E-state index in [1.807, 2.05) is 36.5 Å². The number of aromatic nitrogens is 2. The number of pyridine rings is 1. The number of hydrogen-bond donors (Lipinski definition) is 3. The van der Waals surface area contributed by atoms with Crippen LogP contribution in [0.3, 0.4) is 0 Å². The Morgan fingerprint density at radius 3 is 2.81 bits per heavy atom. The molecule has 0 aliphatic carbocycles. The zero-order valence-electron chi connectivity index (χ0n) is 15.4. The van der Waals surface area contributed by atoms with Crippen molar-refractivity contribution in [3.63, 3.8) is 0 Å². The van der Waals surface area contributed by atoms with Gasteiger partial charge in [-0.2, -0.15) is 0 Å². The predicted octanol–water partition coefficient (Wildman–Crippen LogP) is 3.41. The molecule has 0 atom stereocenters. The van der Waals surface area contributed by atoms with E-state index in [1.165, 1.54) is 6.08 Å². The summed E-state index contributed by atoms with van der Waals surface area (Å²) >= 11 is 0. The van der Waals surface area contributed by atoms with Gasteiger partial charge in [0.15, 0.2) is 0 Å². The molecule has 6 heteroatoms. The number of fused-ring (bicyclic) bond motifs is 1. The van der Waals surface area contributed by atoms with Gasteiger partial charge in [-0.15, -0.1) is 0 Å². The van der Waals surface area contributed by atoms with Crippen LogP contribution in [0, 0.1) is 0 Å². The molecule has 0 aliphatic heterocycles. The van der Waals surface area contributed by atoms with E-state index in [9.17, 15) is 4.79 Å². The summed E-state index contributed by atoms with van der Waals surface area (Å²) < 4.78 is 2.07. The first kappa shape index (κ1) is 18.8. The third kappa shape index (κ3) is 4.61. The van der Waals surface area contributed by atoms with Crippen LogP contribution in [0.4, 0.5) is 0 Å². The van der Waals surface area contributed by atoms with Crippen LogP contribution in [0.5, 0.6) is 0 Å². The van der Waals surface area contributed by atoms with Gasteiger partial charge < -0.3 is 9.72 Å². The van der Waals surface area contributed by atoms with Crippen molar-refractivity contribution in [2.45, 2.75) is 26.3 Å². The first-order chi connectivity index (χ1) is 13.2. The molecule has 0 fully saturated rings. The third-order valence-corrected chi connectivity index (χ3v) is 4.33. The quantitative estimate of drug-likeness (QED) is 0.248. The second-order valence-electron chi connectivity index (χ2n) is 6.30. The molecule has 3 rings (SSSR count). The van der Waals surface area contributed by atoms with Crippen LogP contribution in [0.2, 0.25) is 0 Å². The Labute approximate surface area is 158 Å². The maximum Gasteiger partial charge on any atom is 0.267 e. The van der Waals surface area contributed by atoms with Gasteiger partial charge in [0.1, 0.15) is 5.65 Å². The molecule has 1 amide bonds. The standard InChI is InChI=1S/C21H24N4O2/c1-2-3-12-22-15-18-21(17-7-5-4-6-8-17)23-19-14-16(11-13-25(18)19)9-10-20(26)24-27/h4-11,13-14,22,27H,2-3,12,15H2,1H3,(H,24,26)/b10-9+. The Morgan fingerprint density at radius 1 is 1.26 bits per heavy atom. The molecule has 0 aliphatic rings. The Hall–Kier alpha value is -2.96. The molecule has 0 spiro atoms. The molecular weight excluding hydrogens is 340 g/mol. The van der Waals surface area contributed by atoms with Crippen molar-refractivity contribution < 1.29 is 10.0 Å². The number of nitrogens with zero attached hydrogens (tertiary/aromatic N) is 2. The average Bonchev–Trinajstić information content (AvgIpc) is 3.08. The second-order valence-corrected chi connectivity index (χ2v) is 6.30. The van der Waals surface area contributed by atoms with Crippen molar-refractivity contribution in [2.75, 3.05) is 6.54 Å². The topological polar surface area (TPSA) is 78.7 Å². The Bertz CT molecular complexity index is 932. The van der Waals surface area contributed by atoms with Crippen LogP contribution < -0.4 is 10.8 Å². The lowest BCUT2D eigenvalue weighted by Crippen LogP contribution is -2.16. The summed E-state index contributed by atoms with van der Waals surface area (Å²) in [6.07, 6.45) is 7.17. The summed E-state index contributed by atoms with van der Waals surface area (Å²) in [7, 11) is 0. The summed E-state index contributed by atoms with van der Waals surface area (Å²) in [6, 6.07) is 14.0. The molecule has 140 valence electrons. The Balaban J connectivity index is 1.98. The van der Waals surface area contributed by atoms with Crippen molar-refractivity contribution in [1.29, 1.82) is 0 Å². The van der Waals surface area contributed by atoms with E-state index < -0.39 is 5.91 Å². The molecule has 0 bridgehead atoms. The van der Waals surface area contributed by atoms with Crippen molar-refractivity contribution in [2.24, 2.45) is 0 Å². The van der Waals surface area contributed by atoms with E-state index in [0.717, 1.165) is 54.1 Å². The number of nitrogens with one attached hydrogen (secondary N) is 2. The molecule has 27 heavy (non-hydrogen) atoms. The summed E-state index contributed by atoms with van der Waals surface area (Å²) in [5.74, 6) is -0.566. The number of benzene rings is 1. The normalized spacial score (nSPS) is 11.3. The molecule has 0 saturated carbocycles. The van der Waals surface area contributed by atoms with Crippen molar-refractivity contribution in [3.8, 4) is 11.3 Å². The SMILES string of the molecule is CCCCNCc1c(-c2ccccc2)nc2cc(/C=C/C(=O)NO)ccn12. The summed E-state index contributed by atoms with van der Waals surface area (Å²) in [6.45, 7) is 3.87. The van der Waals surface area contributed by atoms with Gasteiger partial charge in [0.2, 0.25) is 0 Å². The molecule has 2 aromatic heterocycles. The number of unbranched alkanes of at least 4 members (excludes halogenated alkanes) is 1. The van der Waals surface area contributed by atoms with Crippen LogP contribution in [-0.2, 0) is 11.3 Å². The summed E-state index contributed by atoms with van der Waals surface area (Å²) in [5, 5.41) is 12.1. The minimum atomic E-state index is -0.566. The minimum absolute atomic E-state index is 0.566. The highest BCUT2D eigenvalue weighted by molar-refractivity contribution is 5.91. The number of amides is 1. The van der Waals surface area contributed by atoms with Gasteiger partial charge in [-0.3, -0.25) is 10.0 Å². The monoisotopic (exact) mass is 364 g/mol. The van der Waals surface area contributed by atoms with Gasteiger partial charge in [-0.05, 0) is 36.7 Å². The van der Waals surface area contributed by atoms with Crippen LogP contribution in [-0.4, -0.2) is 27.0 Å². The van der Waals surface area contributed by atoms with E-state index in [0.29, 0.717) is 0 Å². The lowest BCUT2D eigenvalue weighted by Gasteiger charge is -2.07. The highest BCUT2D eigenvalue weighted by Crippen LogP contribution is 2.25. The Morgan fingerprint density at radius 2 is 2.07 bits per heavy atom. The van der Waals surface area contributed by atoms with Crippen molar-refractivity contribution in [3.05, 3.63) is 66.0 Å². The van der Waals surface area contributed by atoms with Crippen molar-refractivity contribution >= 4 is 17.6 Å². The number of carbonyl (C=O) groups excluding carboxylic acids is 1. The van der Waals surface area contributed by atoms with Crippen LogP contribution in [0.15, 0.2) is 54.7 Å². The molecule has 3 aromatic rings. The van der Waals surface area contributed by atoms with Gasteiger partial charge in [-0.25, -0.2) is 10.5 Å². The molecule has 3 N–H and O–H groups in total. The van der Waals surface area contributed by atoms with E-state index >= 15 is 0 Å². The molecule has 2 heterocycles. The van der Waals surface area contributed by atoms with Crippen molar-refractivity contribution in [1.82, 2.24) is 20.2 Å². The second kappa shape index (κ2) is 9.12. The fourth-order valence-corrected chi connectivity index (χ4v) is 2.93. The molecular formula is C21H24N4O2. The maximum atomic E-state index is 11.2. The molecule has 0 radical (unpaired) electrons. The average molecular weight is 364 g/mol. The van der Waals surface area contributed by atoms with Gasteiger partial charge >= 0.3 is 0 Å². The first-order valence-electron chi connectivity index (χ1n) is 9.12. The van der Waals surface area contributed by atoms with Gasteiger partial charge in [0.05, 0.1) is 11.4 Å². The highest BCUT2D eigenvalue weighted by atomic mass is 16.5.